The molecule has 0 saturated heterocycles. The fourth-order valence-corrected chi connectivity index (χ4v) is 2.12. The van der Waals surface area contributed by atoms with Gasteiger partial charge in [-0.25, -0.2) is 9.37 Å². The molecule has 2 nitrogen and oxygen atoms in total. The van der Waals surface area contributed by atoms with Crippen molar-refractivity contribution in [3.05, 3.63) is 51.6 Å². The quantitative estimate of drug-likeness (QED) is 0.577. The Morgan fingerprint density at radius 3 is 2.68 bits per heavy atom. The van der Waals surface area contributed by atoms with Gasteiger partial charge in [-0.2, -0.15) is 4.39 Å². The zero-order valence-corrected chi connectivity index (χ0v) is 12.2. The minimum atomic E-state index is -1.06. The lowest BCUT2D eigenvalue weighted by atomic mass is 10.2. The highest BCUT2D eigenvalue weighted by atomic mass is 79.9. The first kappa shape index (κ1) is 14.2. The van der Waals surface area contributed by atoms with Gasteiger partial charge in [0.15, 0.2) is 11.6 Å². The molecule has 1 aromatic carbocycles. The number of ether oxygens (including phenoxy) is 1. The number of aromatic nitrogens is 1. The smallest absolute Gasteiger partial charge is 0.219 e. The van der Waals surface area contributed by atoms with E-state index in [0.717, 1.165) is 11.6 Å². The van der Waals surface area contributed by atoms with Crippen molar-refractivity contribution >= 4 is 27.5 Å². The summed E-state index contributed by atoms with van der Waals surface area (Å²) in [6, 6.07) is 5.73. The molecule has 100 valence electrons. The maximum absolute atomic E-state index is 13.6. The molecule has 1 aromatic heterocycles. The fourth-order valence-electron chi connectivity index (χ4n) is 1.56. The second-order valence-corrected chi connectivity index (χ2v) is 5.07. The molecule has 0 radical (unpaired) electrons. The second kappa shape index (κ2) is 5.84. The molecule has 0 amide bonds. The Morgan fingerprint density at radius 2 is 2.00 bits per heavy atom. The Hall–Kier alpha value is -1.20. The van der Waals surface area contributed by atoms with E-state index in [1.807, 2.05) is 0 Å². The highest BCUT2D eigenvalue weighted by Crippen LogP contribution is 2.29. The van der Waals surface area contributed by atoms with Crippen molar-refractivity contribution in [2.24, 2.45) is 0 Å². The third-order valence-electron chi connectivity index (χ3n) is 2.32. The third kappa shape index (κ3) is 3.42. The van der Waals surface area contributed by atoms with E-state index in [2.05, 4.69) is 20.9 Å². The molecule has 0 spiro atoms. The van der Waals surface area contributed by atoms with Crippen LogP contribution < -0.4 is 4.74 Å². The lowest BCUT2D eigenvalue weighted by molar-refractivity contribution is 0.404. The van der Waals surface area contributed by atoms with Crippen LogP contribution in [0.15, 0.2) is 28.7 Å². The van der Waals surface area contributed by atoms with Crippen LogP contribution >= 0.6 is 27.5 Å². The SMILES string of the molecule is Cc1cc(CCl)cc(Oc2cc(Br)cc(F)c2F)n1. The van der Waals surface area contributed by atoms with Gasteiger partial charge >= 0.3 is 0 Å². The van der Waals surface area contributed by atoms with Crippen molar-refractivity contribution in [2.45, 2.75) is 12.8 Å². The highest BCUT2D eigenvalue weighted by Gasteiger charge is 2.13. The predicted octanol–water partition coefficient (Wildman–Crippen LogP) is 4.96. The van der Waals surface area contributed by atoms with Crippen LogP contribution in [0.4, 0.5) is 8.78 Å². The molecule has 0 N–H and O–H groups in total. The Labute approximate surface area is 122 Å². The van der Waals surface area contributed by atoms with Gasteiger partial charge in [0, 0.05) is 22.1 Å². The van der Waals surface area contributed by atoms with E-state index >= 15 is 0 Å². The van der Waals surface area contributed by atoms with Gasteiger partial charge in [0.2, 0.25) is 11.7 Å². The number of hydrogen-bond donors (Lipinski definition) is 0. The van der Waals surface area contributed by atoms with Crippen molar-refractivity contribution in [3.63, 3.8) is 0 Å². The zero-order chi connectivity index (χ0) is 14.0. The van der Waals surface area contributed by atoms with Crippen molar-refractivity contribution in [3.8, 4) is 11.6 Å². The monoisotopic (exact) mass is 347 g/mol. The van der Waals surface area contributed by atoms with Gasteiger partial charge in [0.25, 0.3) is 0 Å². The number of alkyl halides is 1. The van der Waals surface area contributed by atoms with Crippen LogP contribution in [0.25, 0.3) is 0 Å². The molecule has 0 aliphatic heterocycles. The van der Waals surface area contributed by atoms with Crippen LogP contribution in [-0.2, 0) is 5.88 Å². The number of hydrogen-bond acceptors (Lipinski definition) is 2. The lowest BCUT2D eigenvalue weighted by Crippen LogP contribution is -1.96. The lowest BCUT2D eigenvalue weighted by Gasteiger charge is -2.09. The molecule has 2 rings (SSSR count). The first-order valence-corrected chi connectivity index (χ1v) is 6.68. The summed E-state index contributed by atoms with van der Waals surface area (Å²) in [5.41, 5.74) is 1.48. The molecule has 1 heterocycles. The van der Waals surface area contributed by atoms with Gasteiger partial charge in [0.1, 0.15) is 0 Å². The third-order valence-corrected chi connectivity index (χ3v) is 3.08. The maximum atomic E-state index is 13.6. The van der Waals surface area contributed by atoms with Gasteiger partial charge in [-0.15, -0.1) is 11.6 Å². The number of pyridine rings is 1. The minimum absolute atomic E-state index is 0.173. The molecule has 0 unspecified atom stereocenters. The summed E-state index contributed by atoms with van der Waals surface area (Å²) in [6.45, 7) is 1.76. The molecule has 0 fully saturated rings. The topological polar surface area (TPSA) is 22.1 Å². The van der Waals surface area contributed by atoms with Crippen LogP contribution in [0.2, 0.25) is 0 Å². The van der Waals surface area contributed by atoms with Crippen molar-refractivity contribution in [1.82, 2.24) is 4.98 Å². The summed E-state index contributed by atoms with van der Waals surface area (Å²) in [4.78, 5) is 4.09. The van der Waals surface area contributed by atoms with Crippen LogP contribution in [0.1, 0.15) is 11.3 Å². The summed E-state index contributed by atoms with van der Waals surface area (Å²) in [5.74, 6) is -1.82. The fraction of sp³-hybridized carbons (Fsp3) is 0.154. The number of halogens is 4. The van der Waals surface area contributed by atoms with Gasteiger partial charge in [-0.3, -0.25) is 0 Å². The van der Waals surface area contributed by atoms with E-state index < -0.39 is 11.6 Å². The van der Waals surface area contributed by atoms with E-state index in [4.69, 9.17) is 16.3 Å². The molecule has 0 bridgehead atoms. The summed E-state index contributed by atoms with van der Waals surface area (Å²) in [5, 5.41) is 0. The van der Waals surface area contributed by atoms with E-state index in [1.54, 1.807) is 19.1 Å². The first-order chi connectivity index (χ1) is 8.99. The number of aryl methyl sites for hydroxylation is 1. The summed E-state index contributed by atoms with van der Waals surface area (Å²) in [7, 11) is 0. The standard InChI is InChI=1S/C13H9BrClF2NO/c1-7-2-8(6-15)3-12(18-7)19-11-5-9(14)4-10(16)13(11)17/h2-5H,6H2,1H3. The number of nitrogens with zero attached hydrogens (tertiary/aromatic N) is 1. The average Bonchev–Trinajstić information content (AvgIpc) is 2.34. The molecular formula is C13H9BrClF2NO. The maximum Gasteiger partial charge on any atom is 0.219 e. The summed E-state index contributed by atoms with van der Waals surface area (Å²) < 4.78 is 32.5. The van der Waals surface area contributed by atoms with E-state index in [-0.39, 0.29) is 17.5 Å². The second-order valence-electron chi connectivity index (χ2n) is 3.89. The number of benzene rings is 1. The highest BCUT2D eigenvalue weighted by molar-refractivity contribution is 9.10. The molecule has 2 aromatic rings. The number of rotatable bonds is 3. The average molecular weight is 349 g/mol. The van der Waals surface area contributed by atoms with Gasteiger partial charge in [-0.05, 0) is 30.7 Å². The zero-order valence-electron chi connectivity index (χ0n) is 9.88. The molecule has 19 heavy (non-hydrogen) atoms. The van der Waals surface area contributed by atoms with Crippen LogP contribution in [0, 0.1) is 18.6 Å². The molecule has 0 atom stereocenters. The molecular weight excluding hydrogens is 340 g/mol. The molecule has 0 aliphatic carbocycles. The van der Waals surface area contributed by atoms with Crippen molar-refractivity contribution in [1.29, 1.82) is 0 Å². The van der Waals surface area contributed by atoms with E-state index in [0.29, 0.717) is 10.2 Å². The largest absolute Gasteiger partial charge is 0.436 e. The predicted molar refractivity (Wildman–Crippen MR) is 72.7 cm³/mol. The van der Waals surface area contributed by atoms with Crippen LogP contribution in [-0.4, -0.2) is 4.98 Å². The first-order valence-electron chi connectivity index (χ1n) is 5.35. The molecule has 0 saturated carbocycles. The van der Waals surface area contributed by atoms with Crippen LogP contribution in [0.3, 0.4) is 0 Å². The van der Waals surface area contributed by atoms with Gasteiger partial charge < -0.3 is 4.74 Å². The van der Waals surface area contributed by atoms with Gasteiger partial charge in [-0.1, -0.05) is 15.9 Å². The van der Waals surface area contributed by atoms with Gasteiger partial charge in [0.05, 0.1) is 0 Å². The van der Waals surface area contributed by atoms with E-state index in [9.17, 15) is 8.78 Å². The van der Waals surface area contributed by atoms with Crippen molar-refractivity contribution < 1.29 is 13.5 Å². The van der Waals surface area contributed by atoms with Crippen LogP contribution in [0.5, 0.6) is 11.6 Å². The Balaban J connectivity index is 2.38. The van der Waals surface area contributed by atoms with E-state index in [1.165, 1.54) is 6.07 Å². The minimum Gasteiger partial charge on any atom is -0.436 e. The Kier molecular flexibility index (Phi) is 4.37. The molecule has 6 heteroatoms. The normalized spacial score (nSPS) is 10.6. The Bertz CT molecular complexity index is 622. The van der Waals surface area contributed by atoms with Crippen molar-refractivity contribution in [2.75, 3.05) is 0 Å². The Morgan fingerprint density at radius 1 is 1.26 bits per heavy atom. The summed E-state index contributed by atoms with van der Waals surface area (Å²) in [6.07, 6.45) is 0. The summed E-state index contributed by atoms with van der Waals surface area (Å²) >= 11 is 8.81. The molecule has 0 aliphatic rings.